The summed E-state index contributed by atoms with van der Waals surface area (Å²) in [5.41, 5.74) is 1.01. The van der Waals surface area contributed by atoms with Gasteiger partial charge < -0.3 is 5.11 Å². The molecule has 2 heterocycles. The number of rotatable bonds is 6. The van der Waals surface area contributed by atoms with E-state index in [-0.39, 0.29) is 16.3 Å². The zero-order chi connectivity index (χ0) is 15.6. The Kier molecular flexibility index (Phi) is 4.40. The lowest BCUT2D eigenvalue weighted by Crippen LogP contribution is -2.26. The fourth-order valence-corrected chi connectivity index (χ4v) is 4.46. The summed E-state index contributed by atoms with van der Waals surface area (Å²) in [5.74, 6) is -1.26. The van der Waals surface area contributed by atoms with Crippen molar-refractivity contribution in [3.63, 3.8) is 0 Å². The molecule has 0 aliphatic heterocycles. The van der Waals surface area contributed by atoms with E-state index in [9.17, 15) is 13.2 Å². The molecule has 0 amide bonds. The maximum atomic E-state index is 12.3. The van der Waals surface area contributed by atoms with Crippen molar-refractivity contribution >= 4 is 27.3 Å². The first-order valence-corrected chi connectivity index (χ1v) is 8.41. The number of thiophene rings is 1. The molecule has 10 heteroatoms. The van der Waals surface area contributed by atoms with Crippen LogP contribution in [0, 0.1) is 6.92 Å². The number of sulfonamides is 1. The number of carbonyl (C=O) groups is 1. The summed E-state index contributed by atoms with van der Waals surface area (Å²) in [6.45, 7) is 3.99. The normalized spacial score (nSPS) is 11.7. The number of hydrogen-bond donors (Lipinski definition) is 2. The summed E-state index contributed by atoms with van der Waals surface area (Å²) in [6, 6.07) is 0. The first-order chi connectivity index (χ1) is 9.86. The number of carboxylic acids is 1. The van der Waals surface area contributed by atoms with E-state index < -0.39 is 16.0 Å². The largest absolute Gasteiger partial charge is 0.477 e. The van der Waals surface area contributed by atoms with E-state index in [1.165, 1.54) is 11.6 Å². The molecule has 0 saturated heterocycles. The van der Waals surface area contributed by atoms with Crippen LogP contribution in [0.4, 0.5) is 0 Å². The minimum absolute atomic E-state index is 0.00246. The number of aromatic nitrogens is 3. The predicted molar refractivity (Wildman–Crippen MR) is 75.7 cm³/mol. The van der Waals surface area contributed by atoms with Crippen LogP contribution < -0.4 is 4.72 Å². The summed E-state index contributed by atoms with van der Waals surface area (Å²) in [5, 5.41) is 18.1. The third-order valence-corrected chi connectivity index (χ3v) is 5.62. The highest BCUT2D eigenvalue weighted by atomic mass is 32.2. The molecule has 2 aromatic heterocycles. The summed E-state index contributed by atoms with van der Waals surface area (Å²) < 4.78 is 28.6. The maximum absolute atomic E-state index is 12.3. The maximum Gasteiger partial charge on any atom is 0.347 e. The molecule has 2 N–H and O–H groups in total. The molecule has 0 atom stereocenters. The molecule has 2 aromatic rings. The van der Waals surface area contributed by atoms with Crippen molar-refractivity contribution in [2.45, 2.75) is 31.8 Å². The molecule has 0 fully saturated rings. The highest BCUT2D eigenvalue weighted by molar-refractivity contribution is 7.89. The quantitative estimate of drug-likeness (QED) is 0.811. The van der Waals surface area contributed by atoms with Gasteiger partial charge in [-0.25, -0.2) is 22.6 Å². The Balaban J connectivity index is 2.27. The van der Waals surface area contributed by atoms with Crippen molar-refractivity contribution in [3.8, 4) is 0 Å². The third-order valence-electron chi connectivity index (χ3n) is 2.82. The van der Waals surface area contributed by atoms with Crippen LogP contribution in [0.1, 0.15) is 27.9 Å². The molecular formula is C11H14N4O4S2. The van der Waals surface area contributed by atoms with Crippen LogP contribution in [0.3, 0.4) is 0 Å². The van der Waals surface area contributed by atoms with Crippen molar-refractivity contribution in [1.29, 1.82) is 0 Å². The standard InChI is InChI=1S/C11H14N4O4S2/c1-3-15-8(4-12-14-15)5-13-21(18,19)10-7(2)6-20-9(10)11(16)17/h4,6,13H,3,5H2,1-2H3,(H,16,17). The highest BCUT2D eigenvalue weighted by Gasteiger charge is 2.26. The number of nitrogens with zero attached hydrogens (tertiary/aromatic N) is 3. The summed E-state index contributed by atoms with van der Waals surface area (Å²) in [4.78, 5) is 10.7. The fraction of sp³-hybridized carbons (Fsp3) is 0.364. The number of aromatic carboxylic acids is 1. The van der Waals surface area contributed by atoms with Crippen molar-refractivity contribution in [2.75, 3.05) is 0 Å². The van der Waals surface area contributed by atoms with Crippen molar-refractivity contribution in [1.82, 2.24) is 19.7 Å². The summed E-state index contributed by atoms with van der Waals surface area (Å²) in [7, 11) is -3.91. The molecule has 8 nitrogen and oxygen atoms in total. The van der Waals surface area contributed by atoms with Gasteiger partial charge in [0, 0.05) is 6.54 Å². The zero-order valence-corrected chi connectivity index (χ0v) is 13.0. The zero-order valence-electron chi connectivity index (χ0n) is 11.4. The molecule has 0 aromatic carbocycles. The van der Waals surface area contributed by atoms with Gasteiger partial charge >= 0.3 is 5.97 Å². The monoisotopic (exact) mass is 330 g/mol. The first kappa shape index (κ1) is 15.6. The van der Waals surface area contributed by atoms with E-state index in [0.717, 1.165) is 11.3 Å². The van der Waals surface area contributed by atoms with Crippen LogP contribution in [-0.2, 0) is 23.1 Å². The molecule has 21 heavy (non-hydrogen) atoms. The van der Waals surface area contributed by atoms with Gasteiger partial charge in [-0.05, 0) is 24.8 Å². The van der Waals surface area contributed by atoms with Gasteiger partial charge in [0.1, 0.15) is 9.77 Å². The van der Waals surface area contributed by atoms with Gasteiger partial charge in [-0.1, -0.05) is 5.21 Å². The van der Waals surface area contributed by atoms with Crippen LogP contribution >= 0.6 is 11.3 Å². The number of aryl methyl sites for hydroxylation is 2. The average Bonchev–Trinajstić information content (AvgIpc) is 3.02. The van der Waals surface area contributed by atoms with E-state index in [1.54, 1.807) is 11.6 Å². The third kappa shape index (κ3) is 3.12. The minimum atomic E-state index is -3.91. The van der Waals surface area contributed by atoms with Crippen molar-refractivity contribution in [3.05, 3.63) is 27.7 Å². The number of nitrogens with one attached hydrogen (secondary N) is 1. The molecule has 0 bridgehead atoms. The van der Waals surface area contributed by atoms with Crippen molar-refractivity contribution in [2.24, 2.45) is 0 Å². The van der Waals surface area contributed by atoms with Gasteiger partial charge in [0.2, 0.25) is 10.0 Å². The molecule has 2 rings (SSSR count). The second-order valence-corrected chi connectivity index (χ2v) is 6.83. The molecular weight excluding hydrogens is 316 g/mol. The summed E-state index contributed by atoms with van der Waals surface area (Å²) in [6.07, 6.45) is 1.46. The topological polar surface area (TPSA) is 114 Å². The lowest BCUT2D eigenvalue weighted by Gasteiger charge is -2.08. The molecule has 0 saturated carbocycles. The van der Waals surface area contributed by atoms with Gasteiger partial charge in [0.25, 0.3) is 0 Å². The fourth-order valence-electron chi connectivity index (χ4n) is 1.84. The molecule has 0 aliphatic rings. The lowest BCUT2D eigenvalue weighted by atomic mass is 10.3. The second kappa shape index (κ2) is 5.92. The van der Waals surface area contributed by atoms with Gasteiger partial charge in [-0.3, -0.25) is 0 Å². The Morgan fingerprint density at radius 2 is 2.24 bits per heavy atom. The van der Waals surface area contributed by atoms with E-state index >= 15 is 0 Å². The SMILES string of the molecule is CCn1nncc1CNS(=O)(=O)c1c(C)csc1C(=O)O. The molecule has 0 aliphatic carbocycles. The number of hydrogen-bond acceptors (Lipinski definition) is 6. The van der Waals surface area contributed by atoms with Crippen LogP contribution in [0.15, 0.2) is 16.5 Å². The Morgan fingerprint density at radius 1 is 1.52 bits per heavy atom. The molecule has 0 unspecified atom stereocenters. The average molecular weight is 330 g/mol. The van der Waals surface area contributed by atoms with E-state index in [0.29, 0.717) is 17.8 Å². The molecule has 114 valence electrons. The van der Waals surface area contributed by atoms with E-state index in [4.69, 9.17) is 5.11 Å². The molecule has 0 radical (unpaired) electrons. The smallest absolute Gasteiger partial charge is 0.347 e. The first-order valence-electron chi connectivity index (χ1n) is 6.05. The summed E-state index contributed by atoms with van der Waals surface area (Å²) >= 11 is 0.894. The van der Waals surface area contributed by atoms with Crippen LogP contribution in [0.5, 0.6) is 0 Å². The molecule has 0 spiro atoms. The van der Waals surface area contributed by atoms with E-state index in [1.807, 2.05) is 6.92 Å². The van der Waals surface area contributed by atoms with Gasteiger partial charge in [0.05, 0.1) is 18.4 Å². The number of carboxylic acid groups (broad SMARTS) is 1. The Labute approximate surface area is 125 Å². The Bertz CT molecular complexity index is 763. The van der Waals surface area contributed by atoms with Crippen LogP contribution in [0.2, 0.25) is 0 Å². The minimum Gasteiger partial charge on any atom is -0.477 e. The van der Waals surface area contributed by atoms with Crippen molar-refractivity contribution < 1.29 is 18.3 Å². The van der Waals surface area contributed by atoms with Crippen LogP contribution in [0.25, 0.3) is 0 Å². The van der Waals surface area contributed by atoms with Crippen LogP contribution in [-0.4, -0.2) is 34.5 Å². The lowest BCUT2D eigenvalue weighted by molar-refractivity contribution is 0.0698. The van der Waals surface area contributed by atoms with Gasteiger partial charge in [-0.2, -0.15) is 0 Å². The van der Waals surface area contributed by atoms with Gasteiger partial charge in [-0.15, -0.1) is 16.4 Å². The Hall–Kier alpha value is -1.78. The van der Waals surface area contributed by atoms with Gasteiger partial charge in [0.15, 0.2) is 0 Å². The highest BCUT2D eigenvalue weighted by Crippen LogP contribution is 2.26. The van der Waals surface area contributed by atoms with E-state index in [2.05, 4.69) is 15.0 Å². The second-order valence-electron chi connectivity index (χ2n) is 4.25. The predicted octanol–water partition coefficient (Wildman–Crippen LogP) is 0.845. The Morgan fingerprint density at radius 3 is 2.86 bits per heavy atom.